The van der Waals surface area contributed by atoms with Gasteiger partial charge in [0.05, 0.1) is 12.7 Å². The van der Waals surface area contributed by atoms with E-state index in [1.54, 1.807) is 0 Å². The van der Waals surface area contributed by atoms with Crippen LogP contribution in [0.3, 0.4) is 0 Å². The van der Waals surface area contributed by atoms with E-state index in [9.17, 15) is 20.4 Å². The van der Waals surface area contributed by atoms with Gasteiger partial charge in [0.25, 0.3) is 0 Å². The molecule has 146 valence electrons. The van der Waals surface area contributed by atoms with Crippen LogP contribution in [-0.4, -0.2) is 81.1 Å². The van der Waals surface area contributed by atoms with Crippen molar-refractivity contribution in [2.75, 3.05) is 26.2 Å². The van der Waals surface area contributed by atoms with Gasteiger partial charge in [0.1, 0.15) is 18.3 Å². The highest BCUT2D eigenvalue weighted by atomic mass is 16.4. The fourth-order valence-electron chi connectivity index (χ4n) is 2.73. The van der Waals surface area contributed by atoms with Crippen LogP contribution < -0.4 is 0 Å². The van der Waals surface area contributed by atoms with Crippen LogP contribution in [0.5, 0.6) is 0 Å². The van der Waals surface area contributed by atoms with Crippen LogP contribution in [0.4, 0.5) is 0 Å². The first-order valence-electron chi connectivity index (χ1n) is 9.53. The van der Waals surface area contributed by atoms with Gasteiger partial charge in [-0.05, 0) is 25.9 Å². The third-order valence-corrected chi connectivity index (χ3v) is 4.43. The van der Waals surface area contributed by atoms with E-state index in [0.29, 0.717) is 0 Å². The van der Waals surface area contributed by atoms with Crippen LogP contribution in [0.2, 0.25) is 0 Å². The van der Waals surface area contributed by atoms with Crippen LogP contribution in [0, 0.1) is 0 Å². The number of hydrogen-bond donors (Lipinski definition) is 5. The highest BCUT2D eigenvalue weighted by Crippen LogP contribution is 2.10. The molecule has 0 amide bonds. The zero-order valence-corrected chi connectivity index (χ0v) is 15.5. The molecule has 0 aliphatic heterocycles. The lowest BCUT2D eigenvalue weighted by molar-refractivity contribution is -0.119. The normalized spacial score (nSPS) is 17.0. The smallest absolute Gasteiger partial charge is 0.111 e. The van der Waals surface area contributed by atoms with E-state index in [1.807, 2.05) is 0 Å². The van der Waals surface area contributed by atoms with Gasteiger partial charge >= 0.3 is 0 Å². The fraction of sp³-hybridized carbons (Fsp3) is 1.00. The van der Waals surface area contributed by atoms with Gasteiger partial charge < -0.3 is 30.4 Å². The Morgan fingerprint density at radius 3 is 1.75 bits per heavy atom. The standard InChI is InChI=1S/C18H39NO5/c1-3-5-7-8-9-10-12-19(11-6-4-2)13-15(21)17(23)18(24)16(22)14-20/h15-18,20-24H,3-14H2,1-2H3/t15-,16+,17+,18+/m0/s1. The maximum Gasteiger partial charge on any atom is 0.111 e. The summed E-state index contributed by atoms with van der Waals surface area (Å²) in [5.41, 5.74) is 0. The third-order valence-electron chi connectivity index (χ3n) is 4.43. The molecule has 0 rings (SSSR count). The molecule has 5 N–H and O–H groups in total. The van der Waals surface area contributed by atoms with Crippen molar-refractivity contribution in [3.63, 3.8) is 0 Å². The SMILES string of the molecule is CCCCCCCCN(CCCC)C[C@H](O)[C@@H](O)[C@H](O)[C@H](O)CO. The predicted octanol–water partition coefficient (Wildman–Crippen LogP) is 0.885. The third kappa shape index (κ3) is 10.6. The zero-order valence-electron chi connectivity index (χ0n) is 15.5. The van der Waals surface area contributed by atoms with E-state index in [4.69, 9.17) is 5.11 Å². The maximum absolute atomic E-state index is 10.1. The zero-order chi connectivity index (χ0) is 18.4. The molecule has 6 nitrogen and oxygen atoms in total. The molecule has 0 aromatic rings. The molecular formula is C18H39NO5. The summed E-state index contributed by atoms with van der Waals surface area (Å²) in [5, 5.41) is 48.0. The number of aliphatic hydroxyl groups is 5. The number of unbranched alkanes of at least 4 members (excludes halogenated alkanes) is 6. The van der Waals surface area contributed by atoms with Gasteiger partial charge in [-0.3, -0.25) is 0 Å². The summed E-state index contributed by atoms with van der Waals surface area (Å²) in [5.74, 6) is 0. The topological polar surface area (TPSA) is 104 Å². The van der Waals surface area contributed by atoms with Crippen LogP contribution in [-0.2, 0) is 0 Å². The molecule has 0 unspecified atom stereocenters. The fourth-order valence-corrected chi connectivity index (χ4v) is 2.73. The molecule has 0 saturated carbocycles. The molecule has 0 bridgehead atoms. The number of rotatable bonds is 16. The minimum Gasteiger partial charge on any atom is -0.394 e. The lowest BCUT2D eigenvalue weighted by Crippen LogP contribution is -2.50. The Morgan fingerprint density at radius 2 is 1.17 bits per heavy atom. The van der Waals surface area contributed by atoms with Crippen molar-refractivity contribution in [2.45, 2.75) is 89.6 Å². The lowest BCUT2D eigenvalue weighted by Gasteiger charge is -2.30. The number of aliphatic hydroxyl groups excluding tert-OH is 5. The molecule has 0 heterocycles. The molecule has 24 heavy (non-hydrogen) atoms. The summed E-state index contributed by atoms with van der Waals surface area (Å²) < 4.78 is 0. The van der Waals surface area contributed by atoms with Gasteiger partial charge in [-0.1, -0.05) is 52.4 Å². The van der Waals surface area contributed by atoms with Crippen molar-refractivity contribution in [1.29, 1.82) is 0 Å². The predicted molar refractivity (Wildman–Crippen MR) is 95.8 cm³/mol. The largest absolute Gasteiger partial charge is 0.394 e. The second kappa shape index (κ2) is 15.0. The first kappa shape index (κ1) is 23.8. The average Bonchev–Trinajstić information content (AvgIpc) is 2.59. The molecule has 0 radical (unpaired) electrons. The Morgan fingerprint density at radius 1 is 0.667 bits per heavy atom. The molecule has 0 saturated heterocycles. The van der Waals surface area contributed by atoms with Gasteiger partial charge in [-0.25, -0.2) is 0 Å². The van der Waals surface area contributed by atoms with E-state index in [2.05, 4.69) is 18.7 Å². The molecule has 0 aromatic carbocycles. The molecule has 6 heteroatoms. The van der Waals surface area contributed by atoms with Crippen molar-refractivity contribution in [2.24, 2.45) is 0 Å². The highest BCUT2D eigenvalue weighted by molar-refractivity contribution is 4.82. The molecule has 0 aromatic heterocycles. The van der Waals surface area contributed by atoms with Crippen LogP contribution >= 0.6 is 0 Å². The quantitative estimate of drug-likeness (QED) is 0.265. The highest BCUT2D eigenvalue weighted by Gasteiger charge is 2.30. The van der Waals surface area contributed by atoms with Gasteiger partial charge in [0, 0.05) is 6.54 Å². The van der Waals surface area contributed by atoms with E-state index in [0.717, 1.165) is 38.8 Å². The van der Waals surface area contributed by atoms with Crippen molar-refractivity contribution < 1.29 is 25.5 Å². The van der Waals surface area contributed by atoms with E-state index >= 15 is 0 Å². The average molecular weight is 350 g/mol. The summed E-state index contributed by atoms with van der Waals surface area (Å²) >= 11 is 0. The molecule has 4 atom stereocenters. The second-order valence-electron chi connectivity index (χ2n) is 6.72. The Hall–Kier alpha value is -0.240. The Balaban J connectivity index is 4.27. The minimum absolute atomic E-state index is 0.255. The Labute approximate surface area is 147 Å². The van der Waals surface area contributed by atoms with Crippen molar-refractivity contribution in [1.82, 2.24) is 4.90 Å². The van der Waals surface area contributed by atoms with Crippen molar-refractivity contribution >= 4 is 0 Å². The van der Waals surface area contributed by atoms with Crippen LogP contribution in [0.15, 0.2) is 0 Å². The molecule has 0 fully saturated rings. The van der Waals surface area contributed by atoms with Crippen molar-refractivity contribution in [3.05, 3.63) is 0 Å². The second-order valence-corrected chi connectivity index (χ2v) is 6.72. The first-order chi connectivity index (χ1) is 11.5. The van der Waals surface area contributed by atoms with E-state index < -0.39 is 31.0 Å². The van der Waals surface area contributed by atoms with Gasteiger partial charge in [0.15, 0.2) is 0 Å². The Kier molecular flexibility index (Phi) is 14.9. The number of nitrogens with zero attached hydrogens (tertiary/aromatic N) is 1. The first-order valence-corrected chi connectivity index (χ1v) is 9.53. The minimum atomic E-state index is -1.55. The lowest BCUT2D eigenvalue weighted by atomic mass is 10.0. The maximum atomic E-state index is 10.1. The van der Waals surface area contributed by atoms with Gasteiger partial charge in [0.2, 0.25) is 0 Å². The van der Waals surface area contributed by atoms with E-state index in [-0.39, 0.29) is 6.54 Å². The van der Waals surface area contributed by atoms with Crippen LogP contribution in [0.25, 0.3) is 0 Å². The summed E-state index contributed by atoms with van der Waals surface area (Å²) in [6.45, 7) is 5.60. The monoisotopic (exact) mass is 349 g/mol. The van der Waals surface area contributed by atoms with E-state index in [1.165, 1.54) is 25.7 Å². The number of hydrogen-bond acceptors (Lipinski definition) is 6. The summed E-state index contributed by atoms with van der Waals surface area (Å²) in [6, 6.07) is 0. The van der Waals surface area contributed by atoms with Crippen LogP contribution in [0.1, 0.15) is 65.2 Å². The summed E-state index contributed by atoms with van der Waals surface area (Å²) in [7, 11) is 0. The van der Waals surface area contributed by atoms with Crippen molar-refractivity contribution in [3.8, 4) is 0 Å². The summed E-state index contributed by atoms with van der Waals surface area (Å²) in [6.07, 6.45) is 3.65. The molecule has 0 spiro atoms. The van der Waals surface area contributed by atoms with Gasteiger partial charge in [-0.2, -0.15) is 0 Å². The molecular weight excluding hydrogens is 310 g/mol. The summed E-state index contributed by atoms with van der Waals surface area (Å²) in [4.78, 5) is 2.11. The molecule has 0 aliphatic rings. The Bertz CT molecular complexity index is 280. The molecule has 0 aliphatic carbocycles. The van der Waals surface area contributed by atoms with Gasteiger partial charge in [-0.15, -0.1) is 0 Å².